The third kappa shape index (κ3) is 6.94. The van der Waals surface area contributed by atoms with Gasteiger partial charge in [-0.05, 0) is 61.6 Å². The van der Waals surface area contributed by atoms with Gasteiger partial charge in [-0.15, -0.1) is 0 Å². The van der Waals surface area contributed by atoms with E-state index in [1.807, 2.05) is 18.2 Å². The SMILES string of the molecule is O=C(N[C@@H](CNC(=O)C1CC(CCc2ccc3c(n2)NCCC3)C1)C(=O)O)OCc1ccccc1. The highest BCUT2D eigenvalue weighted by molar-refractivity contribution is 5.83. The predicted octanol–water partition coefficient (Wildman–Crippen LogP) is 2.89. The lowest BCUT2D eigenvalue weighted by Gasteiger charge is -2.34. The summed E-state index contributed by atoms with van der Waals surface area (Å²) in [5.74, 6) is -0.0794. The minimum Gasteiger partial charge on any atom is -0.480 e. The van der Waals surface area contributed by atoms with Crippen molar-refractivity contribution < 1.29 is 24.2 Å². The number of hydrogen-bond donors (Lipinski definition) is 4. The average molecular weight is 481 g/mol. The number of aromatic nitrogens is 1. The van der Waals surface area contributed by atoms with E-state index in [1.54, 1.807) is 12.1 Å². The van der Waals surface area contributed by atoms with Crippen LogP contribution in [-0.4, -0.2) is 47.2 Å². The smallest absolute Gasteiger partial charge is 0.408 e. The molecule has 1 atom stereocenters. The van der Waals surface area contributed by atoms with Crippen molar-refractivity contribution in [1.29, 1.82) is 0 Å². The number of amides is 2. The van der Waals surface area contributed by atoms with Crippen molar-refractivity contribution in [2.24, 2.45) is 11.8 Å². The van der Waals surface area contributed by atoms with Crippen LogP contribution in [0.25, 0.3) is 0 Å². The Morgan fingerprint density at radius 2 is 1.94 bits per heavy atom. The lowest BCUT2D eigenvalue weighted by Crippen LogP contribution is -2.50. The molecule has 9 heteroatoms. The maximum atomic E-state index is 12.5. The second-order valence-electron chi connectivity index (χ2n) is 9.26. The Morgan fingerprint density at radius 1 is 1.14 bits per heavy atom. The number of carbonyl (C=O) groups excluding carboxylic acids is 2. The summed E-state index contributed by atoms with van der Waals surface area (Å²) in [6.07, 6.45) is 4.78. The minimum absolute atomic E-state index is 0.0341. The fraction of sp³-hybridized carbons (Fsp3) is 0.462. The minimum atomic E-state index is -1.26. The van der Waals surface area contributed by atoms with E-state index in [2.05, 4.69) is 28.1 Å². The van der Waals surface area contributed by atoms with Crippen molar-refractivity contribution >= 4 is 23.8 Å². The molecule has 2 aromatic rings. The largest absolute Gasteiger partial charge is 0.480 e. The summed E-state index contributed by atoms with van der Waals surface area (Å²) in [6, 6.07) is 12.1. The summed E-state index contributed by atoms with van der Waals surface area (Å²) < 4.78 is 5.07. The van der Waals surface area contributed by atoms with Crippen LogP contribution in [0.2, 0.25) is 0 Å². The predicted molar refractivity (Wildman–Crippen MR) is 130 cm³/mol. The van der Waals surface area contributed by atoms with Gasteiger partial charge in [0.25, 0.3) is 0 Å². The number of anilines is 1. The highest BCUT2D eigenvalue weighted by atomic mass is 16.5. The van der Waals surface area contributed by atoms with Crippen LogP contribution in [0, 0.1) is 11.8 Å². The summed E-state index contributed by atoms with van der Waals surface area (Å²) in [5, 5.41) is 17.7. The molecule has 4 N–H and O–H groups in total. The van der Waals surface area contributed by atoms with Crippen LogP contribution < -0.4 is 16.0 Å². The molecule has 0 spiro atoms. The molecule has 186 valence electrons. The number of carboxylic acids is 1. The number of pyridine rings is 1. The van der Waals surface area contributed by atoms with Crippen molar-refractivity contribution in [1.82, 2.24) is 15.6 Å². The Morgan fingerprint density at radius 3 is 2.71 bits per heavy atom. The maximum absolute atomic E-state index is 12.5. The Kier molecular flexibility index (Phi) is 8.18. The summed E-state index contributed by atoms with van der Waals surface area (Å²) in [7, 11) is 0. The standard InChI is InChI=1S/C26H32N4O5/c31-24(28-15-22(25(32)33)30-26(34)35-16-17-5-2-1-3-6-17)20-13-18(14-20)8-10-21-11-9-19-7-4-12-27-23(19)29-21/h1-3,5-6,9,11,18,20,22H,4,7-8,10,12-16H2,(H,27,29)(H,28,31)(H,30,34)(H,32,33)/t18?,20?,22-/m0/s1. The fourth-order valence-corrected chi connectivity index (χ4v) is 4.50. The highest BCUT2D eigenvalue weighted by Gasteiger charge is 2.34. The molecule has 2 amide bonds. The molecule has 1 aromatic carbocycles. The number of aliphatic carboxylic acids is 1. The molecule has 1 aliphatic carbocycles. The number of fused-ring (bicyclic) bond motifs is 1. The number of aryl methyl sites for hydroxylation is 2. The van der Waals surface area contributed by atoms with Gasteiger partial charge in [-0.3, -0.25) is 4.79 Å². The van der Waals surface area contributed by atoms with Gasteiger partial charge >= 0.3 is 12.1 Å². The molecule has 4 rings (SSSR count). The van der Waals surface area contributed by atoms with Crippen LogP contribution in [-0.2, 0) is 33.8 Å². The van der Waals surface area contributed by atoms with Crippen molar-refractivity contribution in [3.05, 3.63) is 59.3 Å². The Hall–Kier alpha value is -3.62. The molecular formula is C26H32N4O5. The number of carbonyl (C=O) groups is 3. The summed E-state index contributed by atoms with van der Waals surface area (Å²) >= 11 is 0. The van der Waals surface area contributed by atoms with Crippen LogP contribution in [0.4, 0.5) is 10.6 Å². The summed E-state index contributed by atoms with van der Waals surface area (Å²) in [4.78, 5) is 40.7. The van der Waals surface area contributed by atoms with E-state index in [0.29, 0.717) is 5.92 Å². The van der Waals surface area contributed by atoms with E-state index < -0.39 is 18.1 Å². The van der Waals surface area contributed by atoms with Crippen LogP contribution >= 0.6 is 0 Å². The van der Waals surface area contributed by atoms with Crippen LogP contribution in [0.1, 0.15) is 42.5 Å². The molecule has 9 nitrogen and oxygen atoms in total. The molecule has 0 bridgehead atoms. The number of benzene rings is 1. The topological polar surface area (TPSA) is 130 Å². The molecule has 1 aliphatic heterocycles. The van der Waals surface area contributed by atoms with Gasteiger partial charge in [0, 0.05) is 24.7 Å². The van der Waals surface area contributed by atoms with Crippen LogP contribution in [0.5, 0.6) is 0 Å². The number of hydrogen-bond acceptors (Lipinski definition) is 6. The number of alkyl carbamates (subject to hydrolysis) is 1. The first-order valence-corrected chi connectivity index (χ1v) is 12.2. The van der Waals surface area contributed by atoms with Crippen molar-refractivity contribution in [2.45, 2.75) is 51.2 Å². The van der Waals surface area contributed by atoms with Gasteiger partial charge in [0.05, 0.1) is 0 Å². The van der Waals surface area contributed by atoms with Crippen molar-refractivity contribution in [2.75, 3.05) is 18.4 Å². The lowest BCUT2D eigenvalue weighted by molar-refractivity contribution is -0.139. The zero-order chi connectivity index (χ0) is 24.6. The number of nitrogens with zero attached hydrogens (tertiary/aromatic N) is 1. The molecule has 1 fully saturated rings. The van der Waals surface area contributed by atoms with E-state index in [-0.39, 0.29) is 25.0 Å². The molecule has 1 aromatic heterocycles. The quantitative estimate of drug-likeness (QED) is 0.411. The molecule has 1 saturated carbocycles. The zero-order valence-electron chi connectivity index (χ0n) is 19.7. The van der Waals surface area contributed by atoms with Gasteiger partial charge in [-0.2, -0.15) is 0 Å². The average Bonchev–Trinajstić information content (AvgIpc) is 2.84. The van der Waals surface area contributed by atoms with Gasteiger partial charge in [-0.25, -0.2) is 14.6 Å². The maximum Gasteiger partial charge on any atom is 0.408 e. The number of nitrogens with one attached hydrogen (secondary N) is 3. The third-order valence-electron chi connectivity index (χ3n) is 6.65. The first-order valence-electron chi connectivity index (χ1n) is 12.2. The fourth-order valence-electron chi connectivity index (χ4n) is 4.50. The lowest BCUT2D eigenvalue weighted by atomic mass is 9.72. The summed E-state index contributed by atoms with van der Waals surface area (Å²) in [6.45, 7) is 0.810. The molecule has 35 heavy (non-hydrogen) atoms. The second kappa shape index (κ2) is 11.7. The van der Waals surface area contributed by atoms with Crippen LogP contribution in [0.15, 0.2) is 42.5 Å². The molecule has 2 heterocycles. The van der Waals surface area contributed by atoms with Gasteiger partial charge < -0.3 is 25.8 Å². The molecule has 0 radical (unpaired) electrons. The van der Waals surface area contributed by atoms with E-state index in [0.717, 1.165) is 62.1 Å². The van der Waals surface area contributed by atoms with E-state index in [1.165, 1.54) is 5.56 Å². The van der Waals surface area contributed by atoms with Gasteiger partial charge in [-0.1, -0.05) is 36.4 Å². The van der Waals surface area contributed by atoms with Crippen LogP contribution in [0.3, 0.4) is 0 Å². The number of carboxylic acid groups (broad SMARTS) is 1. The second-order valence-corrected chi connectivity index (χ2v) is 9.26. The van der Waals surface area contributed by atoms with Crippen molar-refractivity contribution in [3.63, 3.8) is 0 Å². The van der Waals surface area contributed by atoms with E-state index in [9.17, 15) is 19.5 Å². The molecule has 2 aliphatic rings. The zero-order valence-corrected chi connectivity index (χ0v) is 19.7. The first-order chi connectivity index (χ1) is 17.0. The Bertz CT molecular complexity index is 1040. The monoisotopic (exact) mass is 480 g/mol. The van der Waals surface area contributed by atoms with Crippen molar-refractivity contribution in [3.8, 4) is 0 Å². The first kappa shape index (κ1) is 24.5. The number of ether oxygens (including phenoxy) is 1. The molecule has 0 saturated heterocycles. The highest BCUT2D eigenvalue weighted by Crippen LogP contribution is 2.37. The third-order valence-corrected chi connectivity index (χ3v) is 6.65. The molecule has 0 unspecified atom stereocenters. The number of rotatable bonds is 10. The van der Waals surface area contributed by atoms with Gasteiger partial charge in [0.2, 0.25) is 5.91 Å². The van der Waals surface area contributed by atoms with E-state index in [4.69, 9.17) is 9.72 Å². The Labute approximate surface area is 204 Å². The van der Waals surface area contributed by atoms with Gasteiger partial charge in [0.1, 0.15) is 18.5 Å². The van der Waals surface area contributed by atoms with Gasteiger partial charge in [0.15, 0.2) is 0 Å². The Balaban J connectivity index is 1.14. The van der Waals surface area contributed by atoms with E-state index >= 15 is 0 Å². The molecular weight excluding hydrogens is 448 g/mol. The summed E-state index contributed by atoms with van der Waals surface area (Å²) in [5.41, 5.74) is 3.14. The normalized spacial score (nSPS) is 19.3.